The first-order chi connectivity index (χ1) is 10.7. The molecule has 0 saturated heterocycles. The van der Waals surface area contributed by atoms with Gasteiger partial charge in [0, 0.05) is 39.8 Å². The molecule has 0 radical (unpaired) electrons. The Kier molecular flexibility index (Phi) is 3.05. The van der Waals surface area contributed by atoms with Crippen LogP contribution in [0.15, 0.2) is 48.8 Å². The fourth-order valence-corrected chi connectivity index (χ4v) is 3.71. The smallest absolute Gasteiger partial charge is 0.251 e. The number of amides is 1. The van der Waals surface area contributed by atoms with Gasteiger partial charge < -0.3 is 5.32 Å². The molecule has 1 aliphatic rings. The Bertz CT molecular complexity index is 882. The van der Waals surface area contributed by atoms with Gasteiger partial charge in [-0.2, -0.15) is 0 Å². The third-order valence-corrected chi connectivity index (χ3v) is 5.02. The van der Waals surface area contributed by atoms with Gasteiger partial charge in [-0.1, -0.05) is 6.07 Å². The van der Waals surface area contributed by atoms with Gasteiger partial charge in [-0.05, 0) is 53.9 Å². The van der Waals surface area contributed by atoms with Crippen LogP contribution in [0.2, 0.25) is 0 Å². The van der Waals surface area contributed by atoms with Crippen LogP contribution in [0.1, 0.15) is 21.5 Å². The molecule has 3 aromatic rings. The van der Waals surface area contributed by atoms with Crippen molar-refractivity contribution >= 4 is 17.2 Å². The molecule has 3 nitrogen and oxygen atoms in total. The maximum atomic E-state index is 11.6. The Morgan fingerprint density at radius 2 is 1.86 bits per heavy atom. The van der Waals surface area contributed by atoms with Crippen molar-refractivity contribution < 1.29 is 4.79 Å². The average Bonchev–Trinajstić information content (AvgIpc) is 3.15. The van der Waals surface area contributed by atoms with E-state index in [1.807, 2.05) is 24.5 Å². The van der Waals surface area contributed by atoms with Crippen LogP contribution >= 0.6 is 11.3 Å². The SMILES string of the molecule is Cc1cncc(-c2ccc(-c3ccc4c(c3)CNC4=O)s2)c1. The van der Waals surface area contributed by atoms with Crippen molar-refractivity contribution in [2.75, 3.05) is 0 Å². The molecule has 1 aromatic carbocycles. The van der Waals surface area contributed by atoms with E-state index in [4.69, 9.17) is 0 Å². The zero-order chi connectivity index (χ0) is 15.1. The zero-order valence-electron chi connectivity index (χ0n) is 12.1. The van der Waals surface area contributed by atoms with E-state index >= 15 is 0 Å². The van der Waals surface area contributed by atoms with Crippen LogP contribution in [0, 0.1) is 6.92 Å². The van der Waals surface area contributed by atoms with Crippen molar-refractivity contribution in [3.05, 3.63) is 65.5 Å². The van der Waals surface area contributed by atoms with Gasteiger partial charge in [-0.25, -0.2) is 0 Å². The number of rotatable bonds is 2. The predicted octanol–water partition coefficient (Wildman–Crippen LogP) is 4.03. The van der Waals surface area contributed by atoms with E-state index in [-0.39, 0.29) is 5.91 Å². The summed E-state index contributed by atoms with van der Waals surface area (Å²) in [6, 6.07) is 12.5. The van der Waals surface area contributed by atoms with E-state index in [1.54, 1.807) is 11.3 Å². The number of pyridine rings is 1. The first kappa shape index (κ1) is 13.2. The molecule has 1 amide bonds. The quantitative estimate of drug-likeness (QED) is 0.776. The van der Waals surface area contributed by atoms with Gasteiger partial charge in [0.05, 0.1) is 0 Å². The number of aryl methyl sites for hydroxylation is 1. The minimum absolute atomic E-state index is 0.0271. The number of thiophene rings is 1. The first-order valence-electron chi connectivity index (χ1n) is 7.14. The van der Waals surface area contributed by atoms with Crippen molar-refractivity contribution in [1.29, 1.82) is 0 Å². The normalized spacial score (nSPS) is 13.0. The number of hydrogen-bond donors (Lipinski definition) is 1. The summed E-state index contributed by atoms with van der Waals surface area (Å²) in [7, 11) is 0. The van der Waals surface area contributed by atoms with E-state index in [0.717, 1.165) is 27.8 Å². The maximum absolute atomic E-state index is 11.6. The predicted molar refractivity (Wildman–Crippen MR) is 88.9 cm³/mol. The summed E-state index contributed by atoms with van der Waals surface area (Å²) >= 11 is 1.75. The largest absolute Gasteiger partial charge is 0.348 e. The lowest BCUT2D eigenvalue weighted by Gasteiger charge is -2.01. The molecule has 108 valence electrons. The average molecular weight is 306 g/mol. The van der Waals surface area contributed by atoms with Crippen LogP contribution < -0.4 is 5.32 Å². The van der Waals surface area contributed by atoms with Gasteiger partial charge in [0.1, 0.15) is 0 Å². The lowest BCUT2D eigenvalue weighted by molar-refractivity contribution is 0.0966. The molecule has 0 saturated carbocycles. The summed E-state index contributed by atoms with van der Waals surface area (Å²) in [5.74, 6) is 0.0271. The van der Waals surface area contributed by atoms with Gasteiger partial charge in [0.25, 0.3) is 5.91 Å². The highest BCUT2D eigenvalue weighted by Gasteiger charge is 2.19. The third kappa shape index (κ3) is 2.22. The van der Waals surface area contributed by atoms with Gasteiger partial charge in [-0.15, -0.1) is 11.3 Å². The van der Waals surface area contributed by atoms with Crippen molar-refractivity contribution in [3.63, 3.8) is 0 Å². The third-order valence-electron chi connectivity index (χ3n) is 3.84. The van der Waals surface area contributed by atoms with Crippen LogP contribution in [-0.4, -0.2) is 10.9 Å². The van der Waals surface area contributed by atoms with Crippen molar-refractivity contribution in [2.24, 2.45) is 0 Å². The van der Waals surface area contributed by atoms with Gasteiger partial charge in [0.15, 0.2) is 0 Å². The molecule has 0 bridgehead atoms. The molecular weight excluding hydrogens is 292 g/mol. The Balaban J connectivity index is 1.71. The second-order valence-corrected chi connectivity index (χ2v) is 6.55. The standard InChI is InChI=1S/C18H14N2OS/c1-11-6-14(9-19-8-11)17-5-4-16(22-17)12-2-3-15-13(7-12)10-20-18(15)21/h2-9H,10H2,1H3,(H,20,21). The first-order valence-corrected chi connectivity index (χ1v) is 7.96. The van der Waals surface area contributed by atoms with Crippen molar-refractivity contribution in [2.45, 2.75) is 13.5 Å². The fourth-order valence-electron chi connectivity index (χ4n) is 2.72. The fraction of sp³-hybridized carbons (Fsp3) is 0.111. The van der Waals surface area contributed by atoms with Crippen LogP contribution in [0.5, 0.6) is 0 Å². The van der Waals surface area contributed by atoms with E-state index in [9.17, 15) is 4.79 Å². The van der Waals surface area contributed by atoms with Crippen LogP contribution in [0.25, 0.3) is 20.9 Å². The number of fused-ring (bicyclic) bond motifs is 1. The van der Waals surface area contributed by atoms with E-state index in [1.165, 1.54) is 9.75 Å². The highest BCUT2D eigenvalue weighted by molar-refractivity contribution is 7.18. The van der Waals surface area contributed by atoms with E-state index in [0.29, 0.717) is 6.54 Å². The molecule has 0 atom stereocenters. The molecular formula is C18H14N2OS. The number of nitrogens with one attached hydrogen (secondary N) is 1. The molecule has 3 heterocycles. The number of carbonyl (C=O) groups is 1. The topological polar surface area (TPSA) is 42.0 Å². The summed E-state index contributed by atoms with van der Waals surface area (Å²) in [5.41, 5.74) is 5.34. The Morgan fingerprint density at radius 3 is 2.68 bits per heavy atom. The van der Waals surface area contributed by atoms with Gasteiger partial charge in [0.2, 0.25) is 0 Å². The van der Waals surface area contributed by atoms with E-state index in [2.05, 4.69) is 41.5 Å². The van der Waals surface area contributed by atoms with Gasteiger partial charge in [-0.3, -0.25) is 9.78 Å². The molecule has 0 fully saturated rings. The second kappa shape index (κ2) is 5.07. The lowest BCUT2D eigenvalue weighted by Crippen LogP contribution is -2.12. The highest BCUT2D eigenvalue weighted by Crippen LogP contribution is 2.35. The number of hydrogen-bond acceptors (Lipinski definition) is 3. The minimum Gasteiger partial charge on any atom is -0.348 e. The second-order valence-electron chi connectivity index (χ2n) is 5.47. The molecule has 1 N–H and O–H groups in total. The van der Waals surface area contributed by atoms with Crippen LogP contribution in [0.4, 0.5) is 0 Å². The summed E-state index contributed by atoms with van der Waals surface area (Å²) in [6.07, 6.45) is 3.76. The molecule has 1 aliphatic heterocycles. The number of nitrogens with zero attached hydrogens (tertiary/aromatic N) is 1. The summed E-state index contributed by atoms with van der Waals surface area (Å²) in [4.78, 5) is 18.3. The monoisotopic (exact) mass is 306 g/mol. The summed E-state index contributed by atoms with van der Waals surface area (Å²) in [6.45, 7) is 2.68. The lowest BCUT2D eigenvalue weighted by atomic mass is 10.1. The number of carbonyl (C=O) groups excluding carboxylic acids is 1. The molecule has 0 aliphatic carbocycles. The Hall–Kier alpha value is -2.46. The number of benzene rings is 1. The number of aromatic nitrogens is 1. The highest BCUT2D eigenvalue weighted by atomic mass is 32.1. The van der Waals surface area contributed by atoms with Crippen molar-refractivity contribution in [1.82, 2.24) is 10.3 Å². The molecule has 0 spiro atoms. The van der Waals surface area contributed by atoms with Crippen LogP contribution in [0.3, 0.4) is 0 Å². The molecule has 0 unspecified atom stereocenters. The van der Waals surface area contributed by atoms with Gasteiger partial charge >= 0.3 is 0 Å². The molecule has 4 heteroatoms. The maximum Gasteiger partial charge on any atom is 0.251 e. The van der Waals surface area contributed by atoms with Crippen LogP contribution in [-0.2, 0) is 6.54 Å². The minimum atomic E-state index is 0.0271. The molecule has 4 rings (SSSR count). The molecule has 22 heavy (non-hydrogen) atoms. The Labute approximate surface area is 132 Å². The van der Waals surface area contributed by atoms with Crippen molar-refractivity contribution in [3.8, 4) is 20.9 Å². The molecule has 2 aromatic heterocycles. The Morgan fingerprint density at radius 1 is 1.05 bits per heavy atom. The summed E-state index contributed by atoms with van der Waals surface area (Å²) in [5, 5.41) is 2.86. The summed E-state index contributed by atoms with van der Waals surface area (Å²) < 4.78 is 0. The zero-order valence-corrected chi connectivity index (χ0v) is 12.9. The van der Waals surface area contributed by atoms with E-state index < -0.39 is 0 Å².